The number of nitrogen functional groups attached to an aromatic ring is 1. The number of amidine groups is 1. The first-order valence-electron chi connectivity index (χ1n) is 12.4. The molecule has 0 aliphatic heterocycles. The number of nitrogens with zero attached hydrogens (tertiary/aromatic N) is 1. The van der Waals surface area contributed by atoms with Gasteiger partial charge in [-0.2, -0.15) is 0 Å². The molecule has 0 unspecified atom stereocenters. The molecule has 0 heterocycles. The van der Waals surface area contributed by atoms with Crippen molar-refractivity contribution in [3.8, 4) is 5.75 Å². The van der Waals surface area contributed by atoms with E-state index in [-0.39, 0.29) is 35.8 Å². The number of nitrogens with one attached hydrogen (secondary N) is 4. The number of carbonyl (C=O) groups is 2. The van der Waals surface area contributed by atoms with Crippen molar-refractivity contribution >= 4 is 33.4 Å². The van der Waals surface area contributed by atoms with Crippen LogP contribution in [0.4, 0.5) is 5.69 Å². The summed E-state index contributed by atoms with van der Waals surface area (Å²) in [5.41, 5.74) is 7.58. The Balaban J connectivity index is 1.62. The first-order valence-corrected chi connectivity index (χ1v) is 14.1. The normalized spacial score (nSPS) is 11.8. The van der Waals surface area contributed by atoms with Crippen molar-refractivity contribution in [3.63, 3.8) is 0 Å². The van der Waals surface area contributed by atoms with E-state index in [1.807, 2.05) is 0 Å². The number of hydrogen-bond acceptors (Lipinski definition) is 8. The molecule has 0 aliphatic carbocycles. The lowest BCUT2D eigenvalue weighted by Gasteiger charge is -2.19. The zero-order chi connectivity index (χ0) is 30.0. The van der Waals surface area contributed by atoms with Gasteiger partial charge in [0.25, 0.3) is 5.69 Å². The second kappa shape index (κ2) is 14.0. The van der Waals surface area contributed by atoms with Crippen LogP contribution < -0.4 is 21.1 Å². The number of phenolic OH excluding ortho intramolecular Hbond substituents is 1. The fraction of sp³-hybridized carbons (Fsp3) is 0.222. The number of amides is 2. The molecule has 41 heavy (non-hydrogen) atoms. The molecule has 7 N–H and O–H groups in total. The summed E-state index contributed by atoms with van der Waals surface area (Å²) in [5.74, 6) is -1.74. The molecular weight excluding hydrogens is 552 g/mol. The van der Waals surface area contributed by atoms with E-state index >= 15 is 0 Å². The molecular formula is C27H30N6O7S. The van der Waals surface area contributed by atoms with Gasteiger partial charge in [-0.25, -0.2) is 13.1 Å². The number of rotatable bonds is 14. The molecule has 0 bridgehead atoms. The fourth-order valence-corrected chi connectivity index (χ4v) is 5.14. The molecule has 0 saturated heterocycles. The molecule has 3 rings (SSSR count). The van der Waals surface area contributed by atoms with Gasteiger partial charge in [-0.1, -0.05) is 48.5 Å². The lowest BCUT2D eigenvalue weighted by molar-refractivity contribution is -0.384. The quantitative estimate of drug-likeness (QED) is 0.0705. The predicted molar refractivity (Wildman–Crippen MR) is 151 cm³/mol. The Morgan fingerprint density at radius 2 is 1.51 bits per heavy atom. The van der Waals surface area contributed by atoms with Crippen molar-refractivity contribution in [2.75, 3.05) is 6.54 Å². The van der Waals surface area contributed by atoms with E-state index in [2.05, 4.69) is 15.4 Å². The van der Waals surface area contributed by atoms with Crippen LogP contribution in [0, 0.1) is 15.5 Å². The molecule has 3 aromatic rings. The van der Waals surface area contributed by atoms with Gasteiger partial charge in [0, 0.05) is 24.2 Å². The van der Waals surface area contributed by atoms with Gasteiger partial charge in [-0.15, -0.1) is 0 Å². The first-order chi connectivity index (χ1) is 19.4. The number of benzene rings is 3. The topological polar surface area (TPSA) is 218 Å². The van der Waals surface area contributed by atoms with Crippen molar-refractivity contribution in [3.05, 3.63) is 105 Å². The van der Waals surface area contributed by atoms with Crippen LogP contribution in [0.5, 0.6) is 5.75 Å². The van der Waals surface area contributed by atoms with E-state index in [0.717, 1.165) is 11.1 Å². The number of nitro benzene ring substituents is 1. The van der Waals surface area contributed by atoms with Crippen molar-refractivity contribution in [1.82, 2.24) is 15.4 Å². The van der Waals surface area contributed by atoms with Crippen molar-refractivity contribution in [2.24, 2.45) is 5.73 Å². The molecule has 0 aliphatic rings. The number of carbonyl (C=O) groups excluding carboxylic acids is 2. The molecule has 216 valence electrons. The maximum Gasteiger partial charge on any atom is 0.269 e. The molecule has 0 spiro atoms. The highest BCUT2D eigenvalue weighted by Gasteiger charge is 2.25. The van der Waals surface area contributed by atoms with E-state index in [9.17, 15) is 33.2 Å². The molecule has 2 amide bonds. The number of nitro groups is 1. The van der Waals surface area contributed by atoms with Crippen LogP contribution in [0.25, 0.3) is 0 Å². The molecule has 13 nitrogen and oxygen atoms in total. The highest BCUT2D eigenvalue weighted by molar-refractivity contribution is 7.88. The first kappa shape index (κ1) is 30.7. The highest BCUT2D eigenvalue weighted by Crippen LogP contribution is 2.15. The zero-order valence-electron chi connectivity index (χ0n) is 21.9. The summed E-state index contributed by atoms with van der Waals surface area (Å²) in [6, 6.07) is 16.7. The average molecular weight is 583 g/mol. The van der Waals surface area contributed by atoms with Gasteiger partial charge in [0.2, 0.25) is 21.8 Å². The summed E-state index contributed by atoms with van der Waals surface area (Å²) in [4.78, 5) is 35.6. The van der Waals surface area contributed by atoms with Crippen LogP contribution in [0.3, 0.4) is 0 Å². The Morgan fingerprint density at radius 3 is 2.10 bits per heavy atom. The van der Waals surface area contributed by atoms with E-state index in [0.29, 0.717) is 12.0 Å². The third-order valence-corrected chi connectivity index (χ3v) is 7.33. The Labute approximate surface area is 236 Å². The third kappa shape index (κ3) is 10.0. The smallest absolute Gasteiger partial charge is 0.269 e. The number of nitrogens with two attached hydrogens (primary N) is 1. The Bertz CT molecular complexity index is 1490. The highest BCUT2D eigenvalue weighted by atomic mass is 32.2. The van der Waals surface area contributed by atoms with Crippen LogP contribution in [-0.4, -0.2) is 48.7 Å². The van der Waals surface area contributed by atoms with Gasteiger partial charge < -0.3 is 21.5 Å². The summed E-state index contributed by atoms with van der Waals surface area (Å²) in [6.45, 7) is -0.233. The summed E-state index contributed by atoms with van der Waals surface area (Å²) in [5, 5.41) is 32.9. The number of phenols is 1. The fourth-order valence-electron chi connectivity index (χ4n) is 3.76. The Hall–Kier alpha value is -4.82. The van der Waals surface area contributed by atoms with Crippen LogP contribution in [0.2, 0.25) is 0 Å². The predicted octanol–water partition coefficient (Wildman–Crippen LogP) is 1.44. The van der Waals surface area contributed by atoms with Gasteiger partial charge in [0.1, 0.15) is 17.6 Å². The van der Waals surface area contributed by atoms with Crippen molar-refractivity contribution < 1.29 is 28.0 Å². The standard InChI is InChI=1S/C27H30N6O7S/c28-26(29)21-8-1-19(2-9-21)15-30-25(35)16-31-27(36)24(14-7-18-5-12-23(34)13-6-18)32-41(39,40)17-20-3-10-22(11-4-20)33(37)38/h1-6,8-13,24,32,34H,7,14-17H2,(H3,28,29)(H,30,35)(H,31,36)/t24-/m1/s1. The van der Waals surface area contributed by atoms with Crippen molar-refractivity contribution in [1.29, 1.82) is 5.41 Å². The van der Waals surface area contributed by atoms with Gasteiger partial charge in [-0.05, 0) is 41.7 Å². The molecule has 0 aromatic heterocycles. The minimum absolute atomic E-state index is 0.0558. The molecule has 0 radical (unpaired) electrons. The van der Waals surface area contributed by atoms with Gasteiger partial charge >= 0.3 is 0 Å². The van der Waals surface area contributed by atoms with Gasteiger partial charge in [0.15, 0.2) is 0 Å². The van der Waals surface area contributed by atoms with E-state index < -0.39 is 45.1 Å². The van der Waals surface area contributed by atoms with Crippen LogP contribution in [-0.2, 0) is 38.3 Å². The number of aromatic hydroxyl groups is 1. The lowest BCUT2D eigenvalue weighted by atomic mass is 10.1. The lowest BCUT2D eigenvalue weighted by Crippen LogP contribution is -2.49. The maximum absolute atomic E-state index is 13.0. The van der Waals surface area contributed by atoms with Gasteiger partial charge in [-0.3, -0.25) is 25.1 Å². The largest absolute Gasteiger partial charge is 0.508 e. The SMILES string of the molecule is N=C(N)c1ccc(CNC(=O)CNC(=O)[C@@H](CCc2ccc(O)cc2)NS(=O)(=O)Cc2ccc([N+](=O)[O-])cc2)cc1. The molecule has 3 aromatic carbocycles. The monoisotopic (exact) mass is 582 g/mol. The summed E-state index contributed by atoms with van der Waals surface area (Å²) >= 11 is 0. The van der Waals surface area contributed by atoms with Crippen LogP contribution in [0.15, 0.2) is 72.8 Å². The summed E-state index contributed by atoms with van der Waals surface area (Å²) < 4.78 is 28.2. The molecule has 0 saturated carbocycles. The molecule has 1 atom stereocenters. The summed E-state index contributed by atoms with van der Waals surface area (Å²) in [7, 11) is -4.06. The van der Waals surface area contributed by atoms with Crippen LogP contribution >= 0.6 is 0 Å². The number of non-ortho nitro benzene ring substituents is 1. The number of sulfonamides is 1. The average Bonchev–Trinajstić information content (AvgIpc) is 2.94. The second-order valence-electron chi connectivity index (χ2n) is 9.16. The minimum Gasteiger partial charge on any atom is -0.508 e. The molecule has 14 heteroatoms. The Kier molecular flexibility index (Phi) is 10.5. The minimum atomic E-state index is -4.06. The zero-order valence-corrected chi connectivity index (χ0v) is 22.7. The van der Waals surface area contributed by atoms with E-state index in [1.54, 1.807) is 36.4 Å². The third-order valence-electron chi connectivity index (χ3n) is 5.98. The maximum atomic E-state index is 13.0. The van der Waals surface area contributed by atoms with E-state index in [4.69, 9.17) is 11.1 Å². The van der Waals surface area contributed by atoms with Crippen molar-refractivity contribution in [2.45, 2.75) is 31.2 Å². The number of aryl methyl sites for hydroxylation is 1. The van der Waals surface area contributed by atoms with Crippen LogP contribution in [0.1, 0.15) is 28.7 Å². The van der Waals surface area contributed by atoms with Gasteiger partial charge in [0.05, 0.1) is 17.2 Å². The summed E-state index contributed by atoms with van der Waals surface area (Å²) in [6.07, 6.45) is 0.348. The second-order valence-corrected chi connectivity index (χ2v) is 10.9. The molecule has 0 fully saturated rings. The van der Waals surface area contributed by atoms with E-state index in [1.165, 1.54) is 36.4 Å². The Morgan fingerprint density at radius 1 is 0.927 bits per heavy atom. The number of hydrogen-bond donors (Lipinski definition) is 6.